The minimum atomic E-state index is -3.31. The predicted octanol–water partition coefficient (Wildman–Crippen LogP) is 1.63. The summed E-state index contributed by atoms with van der Waals surface area (Å²) in [7, 11) is -3.31. The van der Waals surface area contributed by atoms with Gasteiger partial charge in [-0.3, -0.25) is 0 Å². The van der Waals surface area contributed by atoms with Gasteiger partial charge in [-0.05, 0) is 19.1 Å². The summed E-state index contributed by atoms with van der Waals surface area (Å²) in [4.78, 5) is 4.16. The molecule has 7 heteroatoms. The highest BCUT2D eigenvalue weighted by atomic mass is 35.5. The predicted molar refractivity (Wildman–Crippen MR) is 64.2 cm³/mol. The molecule has 0 bridgehead atoms. The molecule has 5 nitrogen and oxygen atoms in total. The normalized spacial score (nSPS) is 11.7. The summed E-state index contributed by atoms with van der Waals surface area (Å²) in [5.74, 6) is 0.381. The maximum absolute atomic E-state index is 11.5. The second-order valence-electron chi connectivity index (χ2n) is 3.66. The fourth-order valence-corrected chi connectivity index (χ4v) is 2.25. The van der Waals surface area contributed by atoms with E-state index in [1.807, 2.05) is 6.92 Å². The lowest BCUT2D eigenvalue weighted by molar-refractivity contribution is 0.601. The van der Waals surface area contributed by atoms with E-state index in [0.717, 1.165) is 11.9 Å². The molecule has 2 aromatic rings. The summed E-state index contributed by atoms with van der Waals surface area (Å²) < 4.78 is 24.4. The van der Waals surface area contributed by atoms with Crippen LogP contribution in [0.3, 0.4) is 0 Å². The molecule has 0 saturated carbocycles. The van der Waals surface area contributed by atoms with E-state index in [0.29, 0.717) is 5.82 Å². The van der Waals surface area contributed by atoms with Gasteiger partial charge >= 0.3 is 0 Å². The first-order valence-corrected chi connectivity index (χ1v) is 7.03. The van der Waals surface area contributed by atoms with Crippen molar-refractivity contribution in [3.05, 3.63) is 35.2 Å². The van der Waals surface area contributed by atoms with Crippen molar-refractivity contribution in [2.75, 3.05) is 6.26 Å². The number of pyridine rings is 1. The molecule has 0 fully saturated rings. The molecular weight excluding hydrogens is 262 g/mol. The van der Waals surface area contributed by atoms with E-state index in [2.05, 4.69) is 10.1 Å². The minimum Gasteiger partial charge on any atom is -0.224 e. The fraction of sp³-hybridized carbons (Fsp3) is 0.200. The van der Waals surface area contributed by atoms with Gasteiger partial charge in [-0.15, -0.1) is 0 Å². The second kappa shape index (κ2) is 4.12. The first-order valence-electron chi connectivity index (χ1n) is 4.76. The van der Waals surface area contributed by atoms with Crippen LogP contribution in [0.5, 0.6) is 0 Å². The number of sulfone groups is 1. The fourth-order valence-electron chi connectivity index (χ4n) is 1.33. The van der Waals surface area contributed by atoms with E-state index in [1.165, 1.54) is 16.8 Å². The van der Waals surface area contributed by atoms with E-state index in [4.69, 9.17) is 11.6 Å². The van der Waals surface area contributed by atoms with E-state index < -0.39 is 9.84 Å². The molecule has 0 aliphatic rings. The lowest BCUT2D eigenvalue weighted by atomic mass is 10.4. The van der Waals surface area contributed by atoms with Gasteiger partial charge in [-0.25, -0.2) is 18.1 Å². The Morgan fingerprint density at radius 1 is 1.35 bits per heavy atom. The second-order valence-corrected chi connectivity index (χ2v) is 6.06. The molecule has 2 rings (SSSR count). The maximum Gasteiger partial charge on any atom is 0.175 e. The highest BCUT2D eigenvalue weighted by Gasteiger charge is 2.12. The smallest absolute Gasteiger partial charge is 0.175 e. The Bertz CT molecular complexity index is 664. The molecule has 0 spiro atoms. The van der Waals surface area contributed by atoms with Gasteiger partial charge in [0.05, 0.1) is 10.6 Å². The summed E-state index contributed by atoms with van der Waals surface area (Å²) in [6, 6.07) is 4.55. The molecular formula is C10H10ClN3O2S. The van der Waals surface area contributed by atoms with Crippen molar-refractivity contribution in [2.45, 2.75) is 11.8 Å². The number of aryl methyl sites for hydroxylation is 1. The van der Waals surface area contributed by atoms with Gasteiger partial charge in [0.2, 0.25) is 0 Å². The highest BCUT2D eigenvalue weighted by molar-refractivity contribution is 7.90. The molecule has 90 valence electrons. The standard InChI is InChI=1S/C10H10ClN3O2S/c1-7-3-4-14(13-7)10-6-8(17(2,15)16)5-9(11)12-10/h3-6H,1-2H3. The van der Waals surface area contributed by atoms with Gasteiger partial charge in [0, 0.05) is 18.5 Å². The van der Waals surface area contributed by atoms with Crippen molar-refractivity contribution in [1.82, 2.24) is 14.8 Å². The van der Waals surface area contributed by atoms with Crippen LogP contribution >= 0.6 is 11.6 Å². The molecule has 2 heterocycles. The average molecular weight is 272 g/mol. The van der Waals surface area contributed by atoms with Crippen molar-refractivity contribution in [2.24, 2.45) is 0 Å². The summed E-state index contributed by atoms with van der Waals surface area (Å²) in [5.41, 5.74) is 0.813. The first-order chi connectivity index (χ1) is 7.86. The number of aromatic nitrogens is 3. The average Bonchev–Trinajstić information content (AvgIpc) is 2.62. The van der Waals surface area contributed by atoms with Gasteiger partial charge in [0.25, 0.3) is 0 Å². The highest BCUT2D eigenvalue weighted by Crippen LogP contribution is 2.17. The van der Waals surface area contributed by atoms with Crippen molar-refractivity contribution in [1.29, 1.82) is 0 Å². The van der Waals surface area contributed by atoms with Crippen LogP contribution in [0.4, 0.5) is 0 Å². The third kappa shape index (κ3) is 2.65. The number of hydrogen-bond acceptors (Lipinski definition) is 4. The Kier molecular flexibility index (Phi) is 2.92. The third-order valence-electron chi connectivity index (χ3n) is 2.14. The number of nitrogens with zero attached hydrogens (tertiary/aromatic N) is 3. The zero-order valence-electron chi connectivity index (χ0n) is 9.25. The lowest BCUT2D eigenvalue weighted by Crippen LogP contribution is -2.03. The van der Waals surface area contributed by atoms with Crippen LogP contribution in [0, 0.1) is 6.92 Å². The molecule has 2 aromatic heterocycles. The van der Waals surface area contributed by atoms with Gasteiger partial charge in [-0.2, -0.15) is 5.10 Å². The van der Waals surface area contributed by atoms with E-state index in [9.17, 15) is 8.42 Å². The molecule has 17 heavy (non-hydrogen) atoms. The van der Waals surface area contributed by atoms with Crippen LogP contribution in [0.15, 0.2) is 29.3 Å². The lowest BCUT2D eigenvalue weighted by Gasteiger charge is -2.04. The molecule has 0 radical (unpaired) electrons. The Balaban J connectivity index is 2.60. The monoisotopic (exact) mass is 271 g/mol. The molecule has 0 N–H and O–H groups in total. The largest absolute Gasteiger partial charge is 0.224 e. The van der Waals surface area contributed by atoms with Crippen LogP contribution in [0.1, 0.15) is 5.69 Å². The van der Waals surface area contributed by atoms with Gasteiger partial charge in [0.1, 0.15) is 5.15 Å². The number of rotatable bonds is 2. The molecule has 0 aliphatic carbocycles. The van der Waals surface area contributed by atoms with Crippen LogP contribution < -0.4 is 0 Å². The number of hydrogen-bond donors (Lipinski definition) is 0. The van der Waals surface area contributed by atoms with Crippen molar-refractivity contribution < 1.29 is 8.42 Å². The van der Waals surface area contributed by atoms with Crippen LogP contribution in [0.25, 0.3) is 5.82 Å². The summed E-state index contributed by atoms with van der Waals surface area (Å²) in [6.45, 7) is 1.83. The molecule has 0 saturated heterocycles. The summed E-state index contributed by atoms with van der Waals surface area (Å²) in [5, 5.41) is 4.27. The molecule has 0 aromatic carbocycles. The first kappa shape index (κ1) is 12.1. The maximum atomic E-state index is 11.5. The van der Waals surface area contributed by atoms with Crippen molar-refractivity contribution in [3.8, 4) is 5.82 Å². The molecule has 0 amide bonds. The van der Waals surface area contributed by atoms with E-state index in [-0.39, 0.29) is 10.0 Å². The quantitative estimate of drug-likeness (QED) is 0.779. The Labute approximate surface area is 104 Å². The third-order valence-corrected chi connectivity index (χ3v) is 3.42. The van der Waals surface area contributed by atoms with Crippen LogP contribution in [-0.4, -0.2) is 29.4 Å². The summed E-state index contributed by atoms with van der Waals surface area (Å²) in [6.07, 6.45) is 2.82. The minimum absolute atomic E-state index is 0.121. The zero-order chi connectivity index (χ0) is 12.6. The Morgan fingerprint density at radius 3 is 2.59 bits per heavy atom. The Hall–Kier alpha value is -1.40. The van der Waals surface area contributed by atoms with Crippen molar-refractivity contribution >= 4 is 21.4 Å². The van der Waals surface area contributed by atoms with Gasteiger partial charge in [-0.1, -0.05) is 11.6 Å². The van der Waals surface area contributed by atoms with Gasteiger partial charge < -0.3 is 0 Å². The van der Waals surface area contributed by atoms with Gasteiger partial charge in [0.15, 0.2) is 15.7 Å². The van der Waals surface area contributed by atoms with Crippen LogP contribution in [0.2, 0.25) is 5.15 Å². The molecule has 0 unspecified atom stereocenters. The van der Waals surface area contributed by atoms with Crippen LogP contribution in [-0.2, 0) is 9.84 Å². The SMILES string of the molecule is Cc1ccn(-c2cc(S(C)(=O)=O)cc(Cl)n2)n1. The number of halogens is 1. The molecule has 0 atom stereocenters. The summed E-state index contributed by atoms with van der Waals surface area (Å²) >= 11 is 5.80. The topological polar surface area (TPSA) is 64.8 Å². The van der Waals surface area contributed by atoms with Crippen molar-refractivity contribution in [3.63, 3.8) is 0 Å². The zero-order valence-corrected chi connectivity index (χ0v) is 10.8. The molecule has 0 aliphatic heterocycles. The Morgan fingerprint density at radius 2 is 2.06 bits per heavy atom. The van der Waals surface area contributed by atoms with E-state index in [1.54, 1.807) is 12.3 Å². The van der Waals surface area contributed by atoms with E-state index >= 15 is 0 Å².